The molecule has 1 aromatic heterocycles. The maximum atomic E-state index is 12.0. The van der Waals surface area contributed by atoms with Crippen molar-refractivity contribution >= 4 is 19.9 Å². The average molecular weight is 301 g/mol. The zero-order valence-corrected chi connectivity index (χ0v) is 11.4. The van der Waals surface area contributed by atoms with Gasteiger partial charge in [0.15, 0.2) is 9.84 Å². The van der Waals surface area contributed by atoms with Crippen LogP contribution in [0.5, 0.6) is 0 Å². The summed E-state index contributed by atoms with van der Waals surface area (Å²) in [5.41, 5.74) is 0.113. The Bertz CT molecular complexity index is 717. The Labute approximate surface area is 111 Å². The third-order valence-corrected chi connectivity index (χ3v) is 5.99. The molecule has 1 aliphatic rings. The standard InChI is InChI=1S/C10H11N3O4S2/c11-5-8-1-2-10(6-12-8)19(16,17)13-9-3-4-18(14,15)7-9/h1-2,6,9,13H,3-4,7H2. The molecular formula is C10H11N3O4S2. The number of aromatic nitrogens is 1. The number of rotatable bonds is 3. The molecule has 0 bridgehead atoms. The summed E-state index contributed by atoms with van der Waals surface area (Å²) >= 11 is 0. The fourth-order valence-electron chi connectivity index (χ4n) is 1.78. The van der Waals surface area contributed by atoms with Crippen LogP contribution in [0.1, 0.15) is 12.1 Å². The van der Waals surface area contributed by atoms with Gasteiger partial charge in [0.25, 0.3) is 0 Å². The largest absolute Gasteiger partial charge is 0.244 e. The van der Waals surface area contributed by atoms with Gasteiger partial charge in [0.05, 0.1) is 11.5 Å². The highest BCUT2D eigenvalue weighted by Crippen LogP contribution is 2.15. The highest BCUT2D eigenvalue weighted by atomic mass is 32.2. The molecule has 1 N–H and O–H groups in total. The minimum Gasteiger partial charge on any atom is -0.244 e. The summed E-state index contributed by atoms with van der Waals surface area (Å²) in [6.07, 6.45) is 1.34. The second-order valence-corrected chi connectivity index (χ2v) is 8.15. The molecule has 19 heavy (non-hydrogen) atoms. The third-order valence-electron chi connectivity index (χ3n) is 2.72. The van der Waals surface area contributed by atoms with Gasteiger partial charge in [-0.1, -0.05) is 0 Å². The number of sulfone groups is 1. The number of hydrogen-bond donors (Lipinski definition) is 1. The molecule has 0 amide bonds. The molecule has 0 aromatic carbocycles. The molecule has 9 heteroatoms. The van der Waals surface area contributed by atoms with Crippen molar-refractivity contribution in [2.45, 2.75) is 17.4 Å². The number of nitrogens with one attached hydrogen (secondary N) is 1. The highest BCUT2D eigenvalue weighted by Gasteiger charge is 2.31. The number of hydrogen-bond acceptors (Lipinski definition) is 6. The molecule has 1 unspecified atom stereocenters. The van der Waals surface area contributed by atoms with Crippen molar-refractivity contribution < 1.29 is 16.8 Å². The number of nitrogens with zero attached hydrogens (tertiary/aromatic N) is 2. The average Bonchev–Trinajstić information content (AvgIpc) is 2.68. The lowest BCUT2D eigenvalue weighted by Gasteiger charge is -2.11. The molecule has 1 saturated heterocycles. The van der Waals surface area contributed by atoms with Gasteiger partial charge in [-0.15, -0.1) is 0 Å². The van der Waals surface area contributed by atoms with Crippen LogP contribution in [0.15, 0.2) is 23.2 Å². The van der Waals surface area contributed by atoms with Crippen LogP contribution in [0.3, 0.4) is 0 Å². The van der Waals surface area contributed by atoms with Crippen molar-refractivity contribution in [3.8, 4) is 6.07 Å². The second kappa shape index (κ2) is 4.88. The highest BCUT2D eigenvalue weighted by molar-refractivity contribution is 7.92. The molecule has 0 spiro atoms. The molecule has 1 atom stereocenters. The molecule has 2 heterocycles. The first kappa shape index (κ1) is 13.9. The molecule has 0 radical (unpaired) electrons. The molecule has 7 nitrogen and oxygen atoms in total. The summed E-state index contributed by atoms with van der Waals surface area (Å²) in [5.74, 6) is -0.193. The van der Waals surface area contributed by atoms with E-state index in [9.17, 15) is 16.8 Å². The third kappa shape index (κ3) is 3.28. The van der Waals surface area contributed by atoms with Crippen LogP contribution in [0, 0.1) is 11.3 Å². The fraction of sp³-hybridized carbons (Fsp3) is 0.400. The van der Waals surface area contributed by atoms with Crippen molar-refractivity contribution in [3.63, 3.8) is 0 Å². The van der Waals surface area contributed by atoms with Crippen LogP contribution < -0.4 is 4.72 Å². The molecule has 2 rings (SSSR count). The monoisotopic (exact) mass is 301 g/mol. The predicted octanol–water partition coefficient (Wildman–Crippen LogP) is -0.581. The summed E-state index contributed by atoms with van der Waals surface area (Å²) in [4.78, 5) is 3.58. The Morgan fingerprint density at radius 3 is 2.63 bits per heavy atom. The van der Waals surface area contributed by atoms with E-state index in [0.29, 0.717) is 0 Å². The van der Waals surface area contributed by atoms with E-state index in [0.717, 1.165) is 6.20 Å². The van der Waals surface area contributed by atoms with Gasteiger partial charge in [-0.2, -0.15) is 5.26 Å². The fourth-order valence-corrected chi connectivity index (χ4v) is 4.77. The van der Waals surface area contributed by atoms with Gasteiger partial charge in [0.1, 0.15) is 16.7 Å². The van der Waals surface area contributed by atoms with E-state index in [-0.39, 0.29) is 28.5 Å². The quantitative estimate of drug-likeness (QED) is 0.798. The Kier molecular flexibility index (Phi) is 3.58. The lowest BCUT2D eigenvalue weighted by Crippen LogP contribution is -2.35. The van der Waals surface area contributed by atoms with Gasteiger partial charge in [0, 0.05) is 12.2 Å². The predicted molar refractivity (Wildman–Crippen MR) is 66.3 cm³/mol. The first-order valence-electron chi connectivity index (χ1n) is 5.41. The number of nitriles is 1. The van der Waals surface area contributed by atoms with E-state index < -0.39 is 25.9 Å². The van der Waals surface area contributed by atoms with Crippen LogP contribution in [0.4, 0.5) is 0 Å². The molecule has 1 aliphatic heterocycles. The lowest BCUT2D eigenvalue weighted by atomic mass is 10.3. The van der Waals surface area contributed by atoms with Gasteiger partial charge in [-0.25, -0.2) is 26.5 Å². The maximum Gasteiger partial charge on any atom is 0.242 e. The number of sulfonamides is 1. The molecule has 0 saturated carbocycles. The molecule has 1 aromatic rings. The zero-order valence-electron chi connectivity index (χ0n) is 9.77. The molecule has 0 aliphatic carbocycles. The van der Waals surface area contributed by atoms with Crippen molar-refractivity contribution in [3.05, 3.63) is 24.0 Å². The zero-order chi connectivity index (χ0) is 14.1. The van der Waals surface area contributed by atoms with Crippen molar-refractivity contribution in [1.82, 2.24) is 9.71 Å². The smallest absolute Gasteiger partial charge is 0.242 e. The Morgan fingerprint density at radius 2 is 2.16 bits per heavy atom. The van der Waals surface area contributed by atoms with E-state index in [1.54, 1.807) is 6.07 Å². The molecular weight excluding hydrogens is 290 g/mol. The summed E-state index contributed by atoms with van der Waals surface area (Å²) < 4.78 is 48.8. The summed E-state index contributed by atoms with van der Waals surface area (Å²) in [7, 11) is -6.95. The van der Waals surface area contributed by atoms with E-state index in [4.69, 9.17) is 5.26 Å². The van der Waals surface area contributed by atoms with Crippen LogP contribution in [0.2, 0.25) is 0 Å². The van der Waals surface area contributed by atoms with Gasteiger partial charge in [-0.3, -0.25) is 0 Å². The summed E-state index contributed by atoms with van der Waals surface area (Å²) in [5, 5.41) is 8.57. The Morgan fingerprint density at radius 1 is 1.42 bits per heavy atom. The lowest BCUT2D eigenvalue weighted by molar-refractivity contribution is 0.562. The van der Waals surface area contributed by atoms with Gasteiger partial charge >= 0.3 is 0 Å². The normalized spacial score (nSPS) is 21.9. The molecule has 102 valence electrons. The van der Waals surface area contributed by atoms with E-state index in [1.807, 2.05) is 0 Å². The van der Waals surface area contributed by atoms with Crippen LogP contribution in [0.25, 0.3) is 0 Å². The van der Waals surface area contributed by atoms with Crippen molar-refractivity contribution in [2.24, 2.45) is 0 Å². The number of pyridine rings is 1. The van der Waals surface area contributed by atoms with Gasteiger partial charge in [0.2, 0.25) is 10.0 Å². The topological polar surface area (TPSA) is 117 Å². The van der Waals surface area contributed by atoms with Crippen molar-refractivity contribution in [1.29, 1.82) is 5.26 Å². The van der Waals surface area contributed by atoms with E-state index in [1.165, 1.54) is 12.1 Å². The van der Waals surface area contributed by atoms with Crippen LogP contribution >= 0.6 is 0 Å². The van der Waals surface area contributed by atoms with E-state index in [2.05, 4.69) is 9.71 Å². The summed E-state index contributed by atoms with van der Waals surface area (Å²) in [6, 6.07) is 3.73. The Balaban J connectivity index is 2.17. The van der Waals surface area contributed by atoms with E-state index >= 15 is 0 Å². The first-order valence-corrected chi connectivity index (χ1v) is 8.72. The first-order chi connectivity index (χ1) is 8.82. The molecule has 1 fully saturated rings. The minimum atomic E-state index is -3.81. The second-order valence-electron chi connectivity index (χ2n) is 4.21. The maximum absolute atomic E-state index is 12.0. The van der Waals surface area contributed by atoms with Crippen LogP contribution in [-0.2, 0) is 19.9 Å². The van der Waals surface area contributed by atoms with Crippen LogP contribution in [-0.4, -0.2) is 39.4 Å². The Hall–Kier alpha value is -1.50. The SMILES string of the molecule is N#Cc1ccc(S(=O)(=O)NC2CCS(=O)(=O)C2)cn1. The minimum absolute atomic E-state index is 0.00813. The van der Waals surface area contributed by atoms with Gasteiger partial charge < -0.3 is 0 Å². The van der Waals surface area contributed by atoms with Gasteiger partial charge in [-0.05, 0) is 18.6 Å². The van der Waals surface area contributed by atoms with Crippen molar-refractivity contribution in [2.75, 3.05) is 11.5 Å². The summed E-state index contributed by atoms with van der Waals surface area (Å²) in [6.45, 7) is 0.